The largest absolute Gasteiger partial charge is 0.542 e. The number of thiazole rings is 1. The highest BCUT2D eigenvalue weighted by atomic mass is 32.1. The molecule has 0 aliphatic heterocycles. The number of anilines is 1. The number of amides is 1. The van der Waals surface area contributed by atoms with Crippen LogP contribution in [0.3, 0.4) is 0 Å². The third-order valence-electron chi connectivity index (χ3n) is 9.94. The van der Waals surface area contributed by atoms with Gasteiger partial charge in [-0.1, -0.05) is 52.9 Å². The van der Waals surface area contributed by atoms with Crippen LogP contribution in [-0.4, -0.2) is 49.7 Å². The maximum Gasteiger partial charge on any atom is 0.250 e. The zero-order valence-electron chi connectivity index (χ0n) is 28.2. The van der Waals surface area contributed by atoms with Gasteiger partial charge in [-0.3, -0.25) is 4.79 Å². The molecule has 2 atom stereocenters. The van der Waals surface area contributed by atoms with Crippen molar-refractivity contribution in [2.75, 3.05) is 5.32 Å². The van der Waals surface area contributed by atoms with E-state index in [1.807, 2.05) is 24.5 Å². The van der Waals surface area contributed by atoms with Crippen LogP contribution in [0.25, 0.3) is 21.3 Å². The summed E-state index contributed by atoms with van der Waals surface area (Å²) in [6.45, 7) is 23.0. The summed E-state index contributed by atoms with van der Waals surface area (Å²) in [6, 6.07) is 4.03. The monoisotopic (exact) mass is 654 g/mol. The number of carbonyl (C=O) groups is 1. The first-order valence-corrected chi connectivity index (χ1v) is 22.6. The van der Waals surface area contributed by atoms with Gasteiger partial charge in [0.1, 0.15) is 12.4 Å². The number of carbonyl (C=O) groups excluding carboxylic acids is 1. The van der Waals surface area contributed by atoms with Gasteiger partial charge in [0.25, 0.3) is 8.32 Å². The van der Waals surface area contributed by atoms with Crippen LogP contribution < -0.4 is 9.74 Å². The smallest absolute Gasteiger partial charge is 0.250 e. The summed E-state index contributed by atoms with van der Waals surface area (Å²) in [5, 5.41) is 3.80. The van der Waals surface area contributed by atoms with Crippen LogP contribution in [0.15, 0.2) is 24.5 Å². The molecule has 1 amide bonds. The topological polar surface area (TPSA) is 95.5 Å². The Morgan fingerprint density at radius 2 is 1.57 bits per heavy atom. The molecule has 11 heteroatoms. The molecule has 2 aliphatic carbocycles. The Bertz CT molecular complexity index is 1490. The third kappa shape index (κ3) is 7.27. The standard InChI is InChI=1S/C33H50N4O4SSi2/c1-32(2,3)43(7,8)40-26-13-11-12-25(26)39-20-27-34-18-22(19-35-27)23-16-17-24-29(28(23)41-44(9,10)33(4,5)6)42-31(36-24)37-30(38)21-14-15-21/h16-19,21,25-26H,11-15,20H2,1-10H3,(H,36,37,38)/t25-,26-/m0/s1. The number of hydrogen-bond donors (Lipinski definition) is 1. The number of rotatable bonds is 10. The summed E-state index contributed by atoms with van der Waals surface area (Å²) >= 11 is 1.47. The van der Waals surface area contributed by atoms with Crippen LogP contribution in [0, 0.1) is 5.92 Å². The molecule has 3 aromatic rings. The van der Waals surface area contributed by atoms with Crippen molar-refractivity contribution < 1.29 is 18.4 Å². The van der Waals surface area contributed by atoms with Gasteiger partial charge >= 0.3 is 0 Å². The minimum Gasteiger partial charge on any atom is -0.542 e. The zero-order chi connectivity index (χ0) is 32.1. The summed E-state index contributed by atoms with van der Waals surface area (Å²) in [5.41, 5.74) is 2.62. The molecule has 1 N–H and O–H groups in total. The highest BCUT2D eigenvalue weighted by molar-refractivity contribution is 7.22. The van der Waals surface area contributed by atoms with Crippen molar-refractivity contribution in [1.82, 2.24) is 15.0 Å². The molecule has 2 aromatic heterocycles. The fourth-order valence-electron chi connectivity index (χ4n) is 4.83. The Labute approximate surface area is 269 Å². The van der Waals surface area contributed by atoms with Crippen molar-refractivity contribution in [3.05, 3.63) is 30.4 Å². The van der Waals surface area contributed by atoms with Crippen molar-refractivity contribution in [2.45, 2.75) is 129 Å². The molecule has 0 unspecified atom stereocenters. The van der Waals surface area contributed by atoms with E-state index in [4.69, 9.17) is 28.5 Å². The molecule has 0 saturated heterocycles. The number of aromatic nitrogens is 3. The Balaban J connectivity index is 1.36. The summed E-state index contributed by atoms with van der Waals surface area (Å²) in [5.74, 6) is 1.62. The minimum absolute atomic E-state index is 0.00420. The molecule has 0 radical (unpaired) electrons. The number of nitrogens with zero attached hydrogens (tertiary/aromatic N) is 3. The van der Waals surface area contributed by atoms with E-state index in [1.165, 1.54) is 11.3 Å². The van der Waals surface area contributed by atoms with Crippen molar-refractivity contribution in [3.63, 3.8) is 0 Å². The average molecular weight is 655 g/mol. The molecule has 2 aliphatic rings. The lowest BCUT2D eigenvalue weighted by molar-refractivity contribution is -0.117. The van der Waals surface area contributed by atoms with Gasteiger partial charge in [0.2, 0.25) is 5.91 Å². The first-order valence-electron chi connectivity index (χ1n) is 16.0. The van der Waals surface area contributed by atoms with Gasteiger partial charge in [-0.05, 0) is 80.5 Å². The van der Waals surface area contributed by atoms with E-state index in [2.05, 4.69) is 73.0 Å². The Kier molecular flexibility index (Phi) is 9.20. The fourth-order valence-corrected chi connectivity index (χ4v) is 8.27. The van der Waals surface area contributed by atoms with Crippen LogP contribution in [0.1, 0.15) is 79.5 Å². The second kappa shape index (κ2) is 12.2. The first-order chi connectivity index (χ1) is 20.4. The van der Waals surface area contributed by atoms with E-state index in [0.29, 0.717) is 17.6 Å². The number of ether oxygens (including phenoxy) is 1. The summed E-state index contributed by atoms with van der Waals surface area (Å²) in [6.07, 6.45) is 8.99. The van der Waals surface area contributed by atoms with Crippen LogP contribution in [-0.2, 0) is 20.6 Å². The second-order valence-corrected chi connectivity index (χ2v) is 26.0. The SMILES string of the molecule is CC(C)(C)[Si](C)(C)Oc1c(-c2cnc(CO[C@H]3CCC[C@@H]3O[Si](C)(C)C(C)(C)C)nc2)ccc2nc(NC(=O)C3CC3)sc12. The van der Waals surface area contributed by atoms with Gasteiger partial charge in [-0.2, -0.15) is 0 Å². The van der Waals surface area contributed by atoms with Crippen LogP contribution in [0.2, 0.25) is 36.3 Å². The van der Waals surface area contributed by atoms with E-state index < -0.39 is 16.6 Å². The van der Waals surface area contributed by atoms with Gasteiger partial charge < -0.3 is 18.9 Å². The van der Waals surface area contributed by atoms with E-state index in [-0.39, 0.29) is 34.1 Å². The molecule has 0 spiro atoms. The Morgan fingerprint density at radius 1 is 0.932 bits per heavy atom. The molecule has 0 bridgehead atoms. The predicted molar refractivity (Wildman–Crippen MR) is 184 cm³/mol. The van der Waals surface area contributed by atoms with E-state index in [0.717, 1.165) is 59.2 Å². The molecule has 2 heterocycles. The lowest BCUT2D eigenvalue weighted by Gasteiger charge is -2.39. The molecule has 5 rings (SSSR count). The van der Waals surface area contributed by atoms with Crippen molar-refractivity contribution in [3.8, 4) is 16.9 Å². The number of benzene rings is 1. The molecular formula is C33H50N4O4SSi2. The van der Waals surface area contributed by atoms with E-state index in [1.54, 1.807) is 0 Å². The highest BCUT2D eigenvalue weighted by Crippen LogP contribution is 2.46. The lowest BCUT2D eigenvalue weighted by Crippen LogP contribution is -2.46. The second-order valence-electron chi connectivity index (χ2n) is 15.5. The van der Waals surface area contributed by atoms with Gasteiger partial charge in [0.15, 0.2) is 19.3 Å². The van der Waals surface area contributed by atoms with Crippen molar-refractivity contribution in [1.29, 1.82) is 0 Å². The number of nitrogens with one attached hydrogen (secondary N) is 1. The fraction of sp³-hybridized carbons (Fsp3) is 0.636. The Hall–Kier alpha value is -2.19. The molecule has 8 nitrogen and oxygen atoms in total. The molecule has 2 fully saturated rings. The summed E-state index contributed by atoms with van der Waals surface area (Å²) in [4.78, 5) is 26.6. The highest BCUT2D eigenvalue weighted by Gasteiger charge is 2.43. The van der Waals surface area contributed by atoms with Crippen LogP contribution in [0.5, 0.6) is 5.75 Å². The van der Waals surface area contributed by atoms with E-state index in [9.17, 15) is 4.79 Å². The maximum atomic E-state index is 12.5. The molecule has 2 saturated carbocycles. The average Bonchev–Trinajstić information content (AvgIpc) is 3.56. The quantitative estimate of drug-likeness (QED) is 0.218. The maximum absolute atomic E-state index is 12.5. The Morgan fingerprint density at radius 3 is 2.18 bits per heavy atom. The molecular weight excluding hydrogens is 605 g/mol. The normalized spacial score (nSPS) is 19.9. The first kappa shape index (κ1) is 33.2. The van der Waals surface area contributed by atoms with Crippen LogP contribution >= 0.6 is 11.3 Å². The lowest BCUT2D eigenvalue weighted by atomic mass is 10.1. The van der Waals surface area contributed by atoms with Crippen LogP contribution in [0.4, 0.5) is 5.13 Å². The molecule has 44 heavy (non-hydrogen) atoms. The zero-order valence-corrected chi connectivity index (χ0v) is 31.0. The third-order valence-corrected chi connectivity index (χ3v) is 19.8. The number of fused-ring (bicyclic) bond motifs is 1. The summed E-state index contributed by atoms with van der Waals surface area (Å²) in [7, 11) is -4.08. The summed E-state index contributed by atoms with van der Waals surface area (Å²) < 4.78 is 21.0. The van der Waals surface area contributed by atoms with Crippen molar-refractivity contribution in [2.24, 2.45) is 5.92 Å². The van der Waals surface area contributed by atoms with Gasteiger partial charge in [-0.15, -0.1) is 0 Å². The molecule has 240 valence electrons. The minimum atomic E-state index is -2.21. The van der Waals surface area contributed by atoms with E-state index >= 15 is 0 Å². The van der Waals surface area contributed by atoms with Gasteiger partial charge in [0, 0.05) is 29.4 Å². The predicted octanol–water partition coefficient (Wildman–Crippen LogP) is 8.95. The number of hydrogen-bond acceptors (Lipinski definition) is 8. The van der Waals surface area contributed by atoms with Crippen molar-refractivity contribution >= 4 is 49.2 Å². The van der Waals surface area contributed by atoms with Gasteiger partial charge in [-0.25, -0.2) is 15.0 Å². The molecule has 1 aromatic carbocycles. The van der Waals surface area contributed by atoms with Gasteiger partial charge in [0.05, 0.1) is 22.4 Å².